The zero-order chi connectivity index (χ0) is 24.7. The molecule has 0 saturated heterocycles. The number of amides is 1. The molecule has 0 atom stereocenters. The predicted octanol–water partition coefficient (Wildman–Crippen LogP) is 4.84. The molecule has 0 spiro atoms. The van der Waals surface area contributed by atoms with Crippen LogP contribution in [-0.2, 0) is 21.4 Å². The van der Waals surface area contributed by atoms with Crippen molar-refractivity contribution in [1.29, 1.82) is 0 Å². The van der Waals surface area contributed by atoms with Gasteiger partial charge in [0.1, 0.15) is 12.4 Å². The van der Waals surface area contributed by atoms with Crippen molar-refractivity contribution in [3.05, 3.63) is 89.2 Å². The van der Waals surface area contributed by atoms with E-state index >= 15 is 0 Å². The smallest absolute Gasteiger partial charge is 0.264 e. The maximum Gasteiger partial charge on any atom is 0.264 e. The van der Waals surface area contributed by atoms with Crippen LogP contribution in [0.2, 0.25) is 5.02 Å². The molecule has 3 aromatic rings. The number of hydrogen-bond acceptors (Lipinski definition) is 4. The van der Waals surface area contributed by atoms with Gasteiger partial charge in [0.25, 0.3) is 10.0 Å². The second-order valence-electron chi connectivity index (χ2n) is 7.54. The van der Waals surface area contributed by atoms with Crippen LogP contribution in [0.25, 0.3) is 0 Å². The summed E-state index contributed by atoms with van der Waals surface area (Å²) in [5, 5.41) is 2.52. The van der Waals surface area contributed by atoms with Crippen LogP contribution in [0, 0.1) is 5.82 Å². The van der Waals surface area contributed by atoms with Crippen LogP contribution in [0.1, 0.15) is 19.4 Å². The van der Waals surface area contributed by atoms with E-state index in [1.165, 1.54) is 24.3 Å². The van der Waals surface area contributed by atoms with Crippen LogP contribution in [-0.4, -0.2) is 34.0 Å². The molecule has 1 amide bonds. The summed E-state index contributed by atoms with van der Waals surface area (Å²) < 4.78 is 41.2. The molecule has 0 aliphatic carbocycles. The first-order valence-electron chi connectivity index (χ1n) is 10.9. The van der Waals surface area contributed by atoms with Gasteiger partial charge in [-0.25, -0.2) is 12.8 Å². The molecule has 1 N–H and O–H groups in total. The monoisotopic (exact) mass is 503 g/mol. The molecule has 0 bridgehead atoms. The lowest BCUT2D eigenvalue weighted by molar-refractivity contribution is -0.119. The van der Waals surface area contributed by atoms with E-state index in [4.69, 9.17) is 11.6 Å². The molecule has 0 radical (unpaired) electrons. The second-order valence-corrected chi connectivity index (χ2v) is 9.81. The van der Waals surface area contributed by atoms with Gasteiger partial charge in [0.15, 0.2) is 0 Å². The van der Waals surface area contributed by atoms with Crippen molar-refractivity contribution in [3.63, 3.8) is 0 Å². The van der Waals surface area contributed by atoms with E-state index in [2.05, 4.69) is 24.1 Å². The molecule has 6 nitrogen and oxygen atoms in total. The van der Waals surface area contributed by atoms with Gasteiger partial charge in [-0.15, -0.1) is 0 Å². The average Bonchev–Trinajstić information content (AvgIpc) is 2.85. The van der Waals surface area contributed by atoms with Crippen molar-refractivity contribution < 1.29 is 17.6 Å². The van der Waals surface area contributed by atoms with E-state index in [1.54, 1.807) is 18.2 Å². The Bertz CT molecular complexity index is 1220. The van der Waals surface area contributed by atoms with Crippen LogP contribution >= 0.6 is 11.6 Å². The van der Waals surface area contributed by atoms with Crippen LogP contribution < -0.4 is 14.5 Å². The van der Waals surface area contributed by atoms with Gasteiger partial charge in [-0.05, 0) is 61.9 Å². The molecular weight excluding hydrogens is 477 g/mol. The second kappa shape index (κ2) is 11.4. The number of anilines is 2. The fraction of sp³-hybridized carbons (Fsp3) is 0.240. The summed E-state index contributed by atoms with van der Waals surface area (Å²) >= 11 is 5.89. The van der Waals surface area contributed by atoms with Gasteiger partial charge in [0, 0.05) is 25.3 Å². The summed E-state index contributed by atoms with van der Waals surface area (Å²) in [5.74, 6) is -1.19. The molecule has 34 heavy (non-hydrogen) atoms. The molecule has 0 aliphatic heterocycles. The van der Waals surface area contributed by atoms with Crippen molar-refractivity contribution in [2.75, 3.05) is 28.8 Å². The fourth-order valence-electron chi connectivity index (χ4n) is 3.48. The Balaban J connectivity index is 1.78. The lowest BCUT2D eigenvalue weighted by Crippen LogP contribution is -2.40. The Morgan fingerprint density at radius 2 is 1.56 bits per heavy atom. The summed E-state index contributed by atoms with van der Waals surface area (Å²) in [5.41, 5.74) is 2.06. The molecule has 0 aromatic heterocycles. The molecule has 0 aliphatic rings. The SMILES string of the molecule is CCN(CC)c1ccc(CNC(=O)CN(c2ccc(F)c(Cl)c2)S(=O)(=O)c2ccccc2)cc1. The molecule has 0 unspecified atom stereocenters. The Morgan fingerprint density at radius 1 is 0.941 bits per heavy atom. The van der Waals surface area contributed by atoms with Gasteiger partial charge in [0.05, 0.1) is 15.6 Å². The standard InChI is InChI=1S/C25H27ClFN3O3S/c1-3-29(4-2)20-12-10-19(11-13-20)17-28-25(31)18-30(21-14-15-24(27)23(26)16-21)34(32,33)22-8-6-5-7-9-22/h5-16H,3-4,17-18H2,1-2H3,(H,28,31). The van der Waals surface area contributed by atoms with Crippen LogP contribution in [0.5, 0.6) is 0 Å². The minimum atomic E-state index is -4.10. The van der Waals surface area contributed by atoms with Gasteiger partial charge < -0.3 is 10.2 Å². The zero-order valence-electron chi connectivity index (χ0n) is 19.0. The van der Waals surface area contributed by atoms with Crippen molar-refractivity contribution in [2.45, 2.75) is 25.3 Å². The number of halogens is 2. The number of rotatable bonds is 10. The number of benzene rings is 3. The van der Waals surface area contributed by atoms with E-state index in [-0.39, 0.29) is 22.2 Å². The summed E-state index contributed by atoms with van der Waals surface area (Å²) in [6, 6.07) is 19.1. The largest absolute Gasteiger partial charge is 0.372 e. The minimum Gasteiger partial charge on any atom is -0.372 e. The van der Waals surface area contributed by atoms with Crippen molar-refractivity contribution >= 4 is 38.9 Å². The van der Waals surface area contributed by atoms with Gasteiger partial charge in [0.2, 0.25) is 5.91 Å². The highest BCUT2D eigenvalue weighted by molar-refractivity contribution is 7.92. The molecule has 0 heterocycles. The van der Waals surface area contributed by atoms with E-state index in [9.17, 15) is 17.6 Å². The maximum absolute atomic E-state index is 13.7. The number of carbonyl (C=O) groups is 1. The number of hydrogen-bond donors (Lipinski definition) is 1. The van der Waals surface area contributed by atoms with Gasteiger partial charge in [-0.3, -0.25) is 9.10 Å². The van der Waals surface area contributed by atoms with E-state index < -0.39 is 28.3 Å². The van der Waals surface area contributed by atoms with E-state index in [1.807, 2.05) is 24.3 Å². The number of carbonyl (C=O) groups excluding carboxylic acids is 1. The summed E-state index contributed by atoms with van der Waals surface area (Å²) in [4.78, 5) is 15.0. The maximum atomic E-state index is 13.7. The van der Waals surface area contributed by atoms with Crippen LogP contribution in [0.3, 0.4) is 0 Å². The van der Waals surface area contributed by atoms with E-state index in [0.717, 1.165) is 34.7 Å². The highest BCUT2D eigenvalue weighted by Crippen LogP contribution is 2.27. The highest BCUT2D eigenvalue weighted by Gasteiger charge is 2.27. The summed E-state index contributed by atoms with van der Waals surface area (Å²) in [6.45, 7) is 5.71. The zero-order valence-corrected chi connectivity index (χ0v) is 20.6. The number of nitrogens with zero attached hydrogens (tertiary/aromatic N) is 2. The van der Waals surface area contributed by atoms with Gasteiger partial charge in [-0.2, -0.15) is 0 Å². The third-order valence-electron chi connectivity index (χ3n) is 5.36. The number of sulfonamides is 1. The lowest BCUT2D eigenvalue weighted by Gasteiger charge is -2.24. The molecular formula is C25H27ClFN3O3S. The molecule has 9 heteroatoms. The summed E-state index contributed by atoms with van der Waals surface area (Å²) in [6.07, 6.45) is 0. The first-order valence-corrected chi connectivity index (χ1v) is 12.7. The van der Waals surface area contributed by atoms with Crippen LogP contribution in [0.4, 0.5) is 15.8 Å². The Kier molecular flexibility index (Phi) is 8.52. The quantitative estimate of drug-likeness (QED) is 0.430. The van der Waals surface area contributed by atoms with Crippen LogP contribution in [0.15, 0.2) is 77.7 Å². The average molecular weight is 504 g/mol. The Labute approximate surface area is 205 Å². The van der Waals surface area contributed by atoms with Crippen molar-refractivity contribution in [1.82, 2.24) is 5.32 Å². The Morgan fingerprint density at radius 3 is 2.15 bits per heavy atom. The lowest BCUT2D eigenvalue weighted by atomic mass is 10.2. The molecule has 0 saturated carbocycles. The third-order valence-corrected chi connectivity index (χ3v) is 7.44. The van der Waals surface area contributed by atoms with Gasteiger partial charge >= 0.3 is 0 Å². The summed E-state index contributed by atoms with van der Waals surface area (Å²) in [7, 11) is -4.10. The first kappa shape index (κ1) is 25.5. The Hall–Kier alpha value is -3.10. The van der Waals surface area contributed by atoms with Crippen molar-refractivity contribution in [2.24, 2.45) is 0 Å². The van der Waals surface area contributed by atoms with E-state index in [0.29, 0.717) is 0 Å². The minimum absolute atomic E-state index is 0.00948. The predicted molar refractivity (Wildman–Crippen MR) is 134 cm³/mol. The molecule has 0 fully saturated rings. The molecule has 3 aromatic carbocycles. The fourth-order valence-corrected chi connectivity index (χ4v) is 5.08. The van der Waals surface area contributed by atoms with Crippen molar-refractivity contribution in [3.8, 4) is 0 Å². The topological polar surface area (TPSA) is 69.7 Å². The molecule has 180 valence electrons. The highest BCUT2D eigenvalue weighted by atomic mass is 35.5. The normalized spacial score (nSPS) is 11.2. The number of nitrogens with one attached hydrogen (secondary N) is 1. The van der Waals surface area contributed by atoms with Gasteiger partial charge in [-0.1, -0.05) is 41.9 Å². The molecule has 3 rings (SSSR count). The third kappa shape index (κ3) is 6.07. The first-order chi connectivity index (χ1) is 16.3.